The summed E-state index contributed by atoms with van der Waals surface area (Å²) in [6.45, 7) is 2.59. The topological polar surface area (TPSA) is 102 Å². The van der Waals surface area contributed by atoms with Gasteiger partial charge in [-0.15, -0.1) is 0 Å². The summed E-state index contributed by atoms with van der Waals surface area (Å²) < 4.78 is 5.42. The standard InChI is InChI=1S/C14H20N4O3/c1-2-21-12-11-8(16-14(15)17-12)7-18(13(11)20)9-5-3-4-6-10(9)19/h9-10,19H,2-7H2,1H3,(H2,15,16,17)/t9-,10+/m1/s1. The second-order valence-corrected chi connectivity index (χ2v) is 5.49. The van der Waals surface area contributed by atoms with Crippen LogP contribution in [-0.4, -0.2) is 44.6 Å². The summed E-state index contributed by atoms with van der Waals surface area (Å²) in [6, 6.07) is -0.156. The molecule has 2 atom stereocenters. The first-order valence-corrected chi connectivity index (χ1v) is 7.40. The number of nitrogens with zero attached hydrogens (tertiary/aromatic N) is 3. The van der Waals surface area contributed by atoms with Crippen molar-refractivity contribution in [1.82, 2.24) is 14.9 Å². The molecule has 1 saturated carbocycles. The fourth-order valence-corrected chi connectivity index (χ4v) is 3.17. The number of fused-ring (bicyclic) bond motifs is 1. The normalized spacial score (nSPS) is 25.0. The van der Waals surface area contributed by atoms with Crippen LogP contribution >= 0.6 is 0 Å². The highest BCUT2D eigenvalue weighted by Crippen LogP contribution is 2.34. The molecule has 0 aromatic carbocycles. The Morgan fingerprint density at radius 3 is 2.86 bits per heavy atom. The Hall–Kier alpha value is -1.89. The average Bonchev–Trinajstić information content (AvgIpc) is 2.76. The summed E-state index contributed by atoms with van der Waals surface area (Å²) in [4.78, 5) is 22.5. The molecular formula is C14H20N4O3. The first kappa shape index (κ1) is 14.1. The zero-order chi connectivity index (χ0) is 15.0. The van der Waals surface area contributed by atoms with Gasteiger partial charge in [0.2, 0.25) is 11.8 Å². The van der Waals surface area contributed by atoms with Gasteiger partial charge in [-0.3, -0.25) is 4.79 Å². The third-order valence-corrected chi connectivity index (χ3v) is 4.14. The maximum Gasteiger partial charge on any atom is 0.261 e. The number of carbonyl (C=O) groups is 1. The Morgan fingerprint density at radius 2 is 2.14 bits per heavy atom. The van der Waals surface area contributed by atoms with Gasteiger partial charge in [-0.05, 0) is 19.8 Å². The van der Waals surface area contributed by atoms with Crippen LogP contribution in [0.2, 0.25) is 0 Å². The van der Waals surface area contributed by atoms with Gasteiger partial charge in [0.25, 0.3) is 5.91 Å². The molecule has 2 aliphatic rings. The fraction of sp³-hybridized carbons (Fsp3) is 0.643. The monoisotopic (exact) mass is 292 g/mol. The molecule has 1 aliphatic heterocycles. The van der Waals surface area contributed by atoms with Crippen LogP contribution in [0, 0.1) is 0 Å². The summed E-state index contributed by atoms with van der Waals surface area (Å²) in [5.74, 6) is 0.188. The maximum absolute atomic E-state index is 12.7. The SMILES string of the molecule is CCOc1nc(N)nc2c1C(=O)N([C@@H]1CCCC[C@@H]1O)C2. The van der Waals surface area contributed by atoms with Crippen LogP contribution in [0.15, 0.2) is 0 Å². The highest BCUT2D eigenvalue weighted by Gasteiger charge is 2.40. The van der Waals surface area contributed by atoms with Crippen molar-refractivity contribution in [1.29, 1.82) is 0 Å². The van der Waals surface area contributed by atoms with Gasteiger partial charge in [0.05, 0.1) is 31.0 Å². The molecular weight excluding hydrogens is 272 g/mol. The Balaban J connectivity index is 1.92. The highest BCUT2D eigenvalue weighted by molar-refractivity contribution is 6.00. The number of aromatic nitrogens is 2. The van der Waals surface area contributed by atoms with Gasteiger partial charge >= 0.3 is 0 Å². The lowest BCUT2D eigenvalue weighted by Crippen LogP contribution is -2.45. The maximum atomic E-state index is 12.7. The smallest absolute Gasteiger partial charge is 0.261 e. The lowest BCUT2D eigenvalue weighted by Gasteiger charge is -2.34. The summed E-state index contributed by atoms with van der Waals surface area (Å²) in [5, 5.41) is 10.2. The van der Waals surface area contributed by atoms with Gasteiger partial charge in [-0.1, -0.05) is 12.8 Å². The van der Waals surface area contributed by atoms with Crippen molar-refractivity contribution in [2.24, 2.45) is 0 Å². The molecule has 3 rings (SSSR count). The van der Waals surface area contributed by atoms with Crippen molar-refractivity contribution in [3.05, 3.63) is 11.3 Å². The first-order chi connectivity index (χ1) is 10.1. The van der Waals surface area contributed by atoms with Gasteiger partial charge < -0.3 is 20.5 Å². The second kappa shape index (κ2) is 5.48. The van der Waals surface area contributed by atoms with E-state index < -0.39 is 6.10 Å². The minimum absolute atomic E-state index is 0.107. The van der Waals surface area contributed by atoms with Crippen LogP contribution in [0.1, 0.15) is 48.7 Å². The van der Waals surface area contributed by atoms with Crippen molar-refractivity contribution in [3.8, 4) is 5.88 Å². The van der Waals surface area contributed by atoms with Crippen LogP contribution in [0.4, 0.5) is 5.95 Å². The van der Waals surface area contributed by atoms with Gasteiger partial charge in [-0.25, -0.2) is 4.98 Å². The number of rotatable bonds is 3. The molecule has 21 heavy (non-hydrogen) atoms. The molecule has 114 valence electrons. The Bertz CT molecular complexity index is 563. The summed E-state index contributed by atoms with van der Waals surface area (Å²) in [5.41, 5.74) is 6.66. The van der Waals surface area contributed by atoms with Gasteiger partial charge in [-0.2, -0.15) is 4.98 Å². The van der Waals surface area contributed by atoms with E-state index in [9.17, 15) is 9.90 Å². The quantitative estimate of drug-likeness (QED) is 0.851. The number of hydrogen-bond donors (Lipinski definition) is 2. The predicted octanol–water partition coefficient (Wildman–Crippen LogP) is 0.717. The van der Waals surface area contributed by atoms with E-state index in [-0.39, 0.29) is 23.8 Å². The molecule has 1 aliphatic carbocycles. The third-order valence-electron chi connectivity index (χ3n) is 4.14. The van der Waals surface area contributed by atoms with Crippen molar-refractivity contribution < 1.29 is 14.6 Å². The lowest BCUT2D eigenvalue weighted by molar-refractivity contribution is 0.0188. The van der Waals surface area contributed by atoms with E-state index in [1.54, 1.807) is 4.90 Å². The molecule has 1 amide bonds. The van der Waals surface area contributed by atoms with E-state index in [1.165, 1.54) is 0 Å². The van der Waals surface area contributed by atoms with Crippen LogP contribution in [-0.2, 0) is 6.54 Å². The van der Waals surface area contributed by atoms with Crippen LogP contribution < -0.4 is 10.5 Å². The molecule has 0 saturated heterocycles. The lowest BCUT2D eigenvalue weighted by atomic mass is 9.91. The van der Waals surface area contributed by atoms with Crippen molar-refractivity contribution >= 4 is 11.9 Å². The molecule has 0 bridgehead atoms. The van der Waals surface area contributed by atoms with E-state index in [4.69, 9.17) is 10.5 Å². The van der Waals surface area contributed by atoms with Crippen molar-refractivity contribution in [2.45, 2.75) is 51.3 Å². The number of nitrogen functional groups attached to an aromatic ring is 1. The number of aliphatic hydroxyl groups is 1. The number of anilines is 1. The number of aliphatic hydroxyl groups excluding tert-OH is 1. The number of carbonyl (C=O) groups excluding carboxylic acids is 1. The van der Waals surface area contributed by atoms with E-state index in [2.05, 4.69) is 9.97 Å². The van der Waals surface area contributed by atoms with Crippen LogP contribution in [0.25, 0.3) is 0 Å². The molecule has 1 aromatic rings. The highest BCUT2D eigenvalue weighted by atomic mass is 16.5. The predicted molar refractivity (Wildman–Crippen MR) is 75.7 cm³/mol. The van der Waals surface area contributed by atoms with Gasteiger partial charge in [0.15, 0.2) is 0 Å². The summed E-state index contributed by atoms with van der Waals surface area (Å²) >= 11 is 0. The molecule has 2 heterocycles. The number of hydrogen-bond acceptors (Lipinski definition) is 6. The molecule has 3 N–H and O–H groups in total. The van der Waals surface area contributed by atoms with Gasteiger partial charge in [0.1, 0.15) is 5.56 Å². The zero-order valence-electron chi connectivity index (χ0n) is 12.1. The zero-order valence-corrected chi connectivity index (χ0v) is 12.1. The van der Waals surface area contributed by atoms with E-state index in [1.807, 2.05) is 6.92 Å². The molecule has 0 spiro atoms. The average molecular weight is 292 g/mol. The fourth-order valence-electron chi connectivity index (χ4n) is 3.17. The largest absolute Gasteiger partial charge is 0.477 e. The van der Waals surface area contributed by atoms with E-state index >= 15 is 0 Å². The second-order valence-electron chi connectivity index (χ2n) is 5.49. The minimum atomic E-state index is -0.474. The molecule has 7 heteroatoms. The Morgan fingerprint density at radius 1 is 1.38 bits per heavy atom. The minimum Gasteiger partial charge on any atom is -0.477 e. The Labute approximate surface area is 123 Å². The van der Waals surface area contributed by atoms with Gasteiger partial charge in [0, 0.05) is 0 Å². The first-order valence-electron chi connectivity index (χ1n) is 7.40. The molecule has 0 unspecified atom stereocenters. The van der Waals surface area contributed by atoms with Crippen LogP contribution in [0.5, 0.6) is 5.88 Å². The van der Waals surface area contributed by atoms with Crippen molar-refractivity contribution in [3.63, 3.8) is 0 Å². The number of ether oxygens (including phenoxy) is 1. The molecule has 1 aromatic heterocycles. The Kier molecular flexibility index (Phi) is 3.67. The number of nitrogens with two attached hydrogens (primary N) is 1. The molecule has 1 fully saturated rings. The summed E-state index contributed by atoms with van der Waals surface area (Å²) in [6.07, 6.45) is 3.10. The summed E-state index contributed by atoms with van der Waals surface area (Å²) in [7, 11) is 0. The van der Waals surface area contributed by atoms with E-state index in [0.29, 0.717) is 24.4 Å². The molecule has 0 radical (unpaired) electrons. The number of amides is 1. The van der Waals surface area contributed by atoms with Crippen molar-refractivity contribution in [2.75, 3.05) is 12.3 Å². The molecule has 7 nitrogen and oxygen atoms in total. The van der Waals surface area contributed by atoms with E-state index in [0.717, 1.165) is 25.7 Å². The van der Waals surface area contributed by atoms with Crippen LogP contribution in [0.3, 0.4) is 0 Å². The third kappa shape index (κ3) is 2.42.